The summed E-state index contributed by atoms with van der Waals surface area (Å²) >= 11 is 0. The van der Waals surface area contributed by atoms with Crippen LogP contribution in [0.15, 0.2) is 18.2 Å². The summed E-state index contributed by atoms with van der Waals surface area (Å²) < 4.78 is 30.9. The van der Waals surface area contributed by atoms with E-state index in [4.69, 9.17) is 14.0 Å². The highest BCUT2D eigenvalue weighted by atomic mass is 19.1. The minimum Gasteiger partial charge on any atom is -0.399 e. The Labute approximate surface area is 119 Å². The largest absolute Gasteiger partial charge is 0.495 e. The number of benzene rings is 1. The molecule has 0 N–H and O–H groups in total. The van der Waals surface area contributed by atoms with Crippen LogP contribution in [0, 0.1) is 5.82 Å². The molecular formula is C15H20BFO3. The highest BCUT2D eigenvalue weighted by Gasteiger charge is 2.52. The van der Waals surface area contributed by atoms with E-state index < -0.39 is 7.12 Å². The maximum Gasteiger partial charge on any atom is 0.495 e. The fourth-order valence-corrected chi connectivity index (χ4v) is 2.50. The molecule has 3 nitrogen and oxygen atoms in total. The van der Waals surface area contributed by atoms with Crippen molar-refractivity contribution in [3.8, 4) is 0 Å². The molecule has 0 spiro atoms. The lowest BCUT2D eigenvalue weighted by Crippen LogP contribution is -2.41. The number of ether oxygens (including phenoxy) is 1. The first-order valence-corrected chi connectivity index (χ1v) is 7.03. The van der Waals surface area contributed by atoms with Crippen LogP contribution in [-0.4, -0.2) is 31.5 Å². The van der Waals surface area contributed by atoms with E-state index in [0.717, 1.165) is 11.0 Å². The van der Waals surface area contributed by atoms with Crippen LogP contribution in [0.1, 0.15) is 39.2 Å². The van der Waals surface area contributed by atoms with Gasteiger partial charge in [0.25, 0.3) is 0 Å². The standard InChI is InChI=1S/C15H20BFO3/c1-14(2)15(3,4)20-16(19-14)13-6-5-11(17)7-12(13)10-8-18-9-10/h5-7,10H,8-9H2,1-4H3. The normalized spacial score (nSPS) is 24.8. The van der Waals surface area contributed by atoms with Gasteiger partial charge in [-0.1, -0.05) is 6.07 Å². The Kier molecular flexibility index (Phi) is 3.20. The fourth-order valence-electron chi connectivity index (χ4n) is 2.50. The maximum absolute atomic E-state index is 13.5. The average molecular weight is 278 g/mol. The van der Waals surface area contributed by atoms with E-state index in [1.165, 1.54) is 6.07 Å². The number of halogens is 1. The molecule has 5 heteroatoms. The lowest BCUT2D eigenvalue weighted by atomic mass is 9.72. The first-order valence-electron chi connectivity index (χ1n) is 7.03. The quantitative estimate of drug-likeness (QED) is 0.776. The molecule has 1 aromatic rings. The molecule has 0 saturated carbocycles. The second-order valence-corrected chi connectivity index (χ2v) is 6.60. The molecule has 3 rings (SSSR count). The van der Waals surface area contributed by atoms with Crippen molar-refractivity contribution < 1.29 is 18.4 Å². The first kappa shape index (κ1) is 14.0. The van der Waals surface area contributed by atoms with E-state index in [2.05, 4.69) is 0 Å². The second-order valence-electron chi connectivity index (χ2n) is 6.60. The Hall–Kier alpha value is -0.905. The lowest BCUT2D eigenvalue weighted by Gasteiger charge is -2.32. The maximum atomic E-state index is 13.5. The van der Waals surface area contributed by atoms with E-state index in [9.17, 15) is 4.39 Å². The predicted molar refractivity (Wildman–Crippen MR) is 75.7 cm³/mol. The Bertz CT molecular complexity index is 510. The predicted octanol–water partition coefficient (Wildman–Crippen LogP) is 2.24. The van der Waals surface area contributed by atoms with Crippen LogP contribution in [0.2, 0.25) is 0 Å². The van der Waals surface area contributed by atoms with Crippen molar-refractivity contribution in [3.05, 3.63) is 29.6 Å². The minimum atomic E-state index is -0.448. The van der Waals surface area contributed by atoms with Crippen LogP contribution >= 0.6 is 0 Å². The van der Waals surface area contributed by atoms with Gasteiger partial charge < -0.3 is 14.0 Å². The Balaban J connectivity index is 1.95. The molecule has 108 valence electrons. The summed E-state index contributed by atoms with van der Waals surface area (Å²) in [4.78, 5) is 0. The van der Waals surface area contributed by atoms with Gasteiger partial charge in [-0.15, -0.1) is 0 Å². The van der Waals surface area contributed by atoms with Crippen molar-refractivity contribution in [1.29, 1.82) is 0 Å². The SMILES string of the molecule is CC1(C)OB(c2ccc(F)cc2C2COC2)OC1(C)C. The lowest BCUT2D eigenvalue weighted by molar-refractivity contribution is 0.00578. The molecular weight excluding hydrogens is 258 g/mol. The summed E-state index contributed by atoms with van der Waals surface area (Å²) in [5, 5.41) is 0. The summed E-state index contributed by atoms with van der Waals surface area (Å²) in [5.41, 5.74) is 1.08. The Morgan fingerprint density at radius 3 is 2.20 bits per heavy atom. The van der Waals surface area contributed by atoms with Crippen LogP contribution in [0.25, 0.3) is 0 Å². The van der Waals surface area contributed by atoms with Gasteiger partial charge >= 0.3 is 7.12 Å². The molecule has 0 bridgehead atoms. The summed E-state index contributed by atoms with van der Waals surface area (Å²) in [7, 11) is -0.448. The first-order chi connectivity index (χ1) is 9.30. The zero-order valence-electron chi connectivity index (χ0n) is 12.4. The molecule has 0 atom stereocenters. The molecule has 0 aromatic heterocycles. The van der Waals surface area contributed by atoms with Crippen molar-refractivity contribution in [2.75, 3.05) is 13.2 Å². The molecule has 2 aliphatic heterocycles. The molecule has 2 fully saturated rings. The molecule has 2 heterocycles. The van der Waals surface area contributed by atoms with Crippen LogP contribution in [0.5, 0.6) is 0 Å². The third-order valence-corrected chi connectivity index (χ3v) is 4.63. The molecule has 20 heavy (non-hydrogen) atoms. The molecule has 0 amide bonds. The zero-order valence-corrected chi connectivity index (χ0v) is 12.4. The molecule has 2 saturated heterocycles. The van der Waals surface area contributed by atoms with Gasteiger partial charge in [0.1, 0.15) is 5.82 Å². The third kappa shape index (κ3) is 2.18. The van der Waals surface area contributed by atoms with Crippen molar-refractivity contribution in [1.82, 2.24) is 0 Å². The van der Waals surface area contributed by atoms with E-state index in [1.807, 2.05) is 27.7 Å². The minimum absolute atomic E-state index is 0.229. The number of rotatable bonds is 2. The molecule has 0 unspecified atom stereocenters. The second kappa shape index (κ2) is 4.55. The van der Waals surface area contributed by atoms with Gasteiger partial charge in [-0.2, -0.15) is 0 Å². The monoisotopic (exact) mass is 278 g/mol. The van der Waals surface area contributed by atoms with E-state index in [1.54, 1.807) is 12.1 Å². The van der Waals surface area contributed by atoms with Gasteiger partial charge in [0.2, 0.25) is 0 Å². The summed E-state index contributed by atoms with van der Waals surface area (Å²) in [6.45, 7) is 9.34. The molecule has 0 radical (unpaired) electrons. The summed E-state index contributed by atoms with van der Waals surface area (Å²) in [5.74, 6) is 0.00638. The van der Waals surface area contributed by atoms with Crippen LogP contribution < -0.4 is 5.46 Å². The summed E-state index contributed by atoms with van der Waals surface area (Å²) in [6, 6.07) is 4.81. The van der Waals surface area contributed by atoms with E-state index in [0.29, 0.717) is 13.2 Å². The van der Waals surface area contributed by atoms with Crippen LogP contribution in [-0.2, 0) is 14.0 Å². The average Bonchev–Trinajstić information content (AvgIpc) is 2.45. The van der Waals surface area contributed by atoms with Crippen molar-refractivity contribution in [3.63, 3.8) is 0 Å². The van der Waals surface area contributed by atoms with Gasteiger partial charge in [-0.3, -0.25) is 0 Å². The molecule has 1 aromatic carbocycles. The van der Waals surface area contributed by atoms with Crippen LogP contribution in [0.3, 0.4) is 0 Å². The number of hydrogen-bond donors (Lipinski definition) is 0. The van der Waals surface area contributed by atoms with Crippen molar-refractivity contribution >= 4 is 12.6 Å². The van der Waals surface area contributed by atoms with Gasteiger partial charge in [-0.25, -0.2) is 4.39 Å². The smallest absolute Gasteiger partial charge is 0.399 e. The Morgan fingerprint density at radius 2 is 1.70 bits per heavy atom. The zero-order chi connectivity index (χ0) is 14.5. The van der Waals surface area contributed by atoms with Crippen molar-refractivity contribution in [2.45, 2.75) is 44.8 Å². The Morgan fingerprint density at radius 1 is 1.10 bits per heavy atom. The van der Waals surface area contributed by atoms with Gasteiger partial charge in [0.05, 0.1) is 24.4 Å². The van der Waals surface area contributed by atoms with E-state index >= 15 is 0 Å². The van der Waals surface area contributed by atoms with E-state index in [-0.39, 0.29) is 22.9 Å². The topological polar surface area (TPSA) is 27.7 Å². The fraction of sp³-hybridized carbons (Fsp3) is 0.600. The highest BCUT2D eigenvalue weighted by molar-refractivity contribution is 6.62. The molecule has 0 aliphatic carbocycles. The van der Waals surface area contributed by atoms with Gasteiger partial charge in [0.15, 0.2) is 0 Å². The van der Waals surface area contributed by atoms with Gasteiger partial charge in [-0.05, 0) is 50.9 Å². The van der Waals surface area contributed by atoms with Crippen LogP contribution in [0.4, 0.5) is 4.39 Å². The number of hydrogen-bond acceptors (Lipinski definition) is 3. The highest BCUT2D eigenvalue weighted by Crippen LogP contribution is 2.37. The van der Waals surface area contributed by atoms with Crippen molar-refractivity contribution in [2.24, 2.45) is 0 Å². The van der Waals surface area contributed by atoms with Gasteiger partial charge in [0, 0.05) is 5.92 Å². The third-order valence-electron chi connectivity index (χ3n) is 4.63. The molecule has 2 aliphatic rings. The summed E-state index contributed by atoms with van der Waals surface area (Å²) in [6.07, 6.45) is 0.